The zero-order chi connectivity index (χ0) is 15.5. The molecule has 1 heterocycles. The maximum Gasteiger partial charge on any atom is 0.244 e. The minimum Gasteiger partial charge on any atom is -0.378 e. The van der Waals surface area contributed by atoms with Crippen LogP contribution in [0.3, 0.4) is 0 Å². The van der Waals surface area contributed by atoms with Crippen LogP contribution >= 0.6 is 28.3 Å². The third kappa shape index (κ3) is 4.95. The van der Waals surface area contributed by atoms with Gasteiger partial charge in [-0.1, -0.05) is 28.1 Å². The number of hydrogen-bond acceptors (Lipinski definition) is 3. The Morgan fingerprint density at radius 2 is 2.14 bits per heavy atom. The fraction of sp³-hybridized carbons (Fsp3) is 0.562. The summed E-state index contributed by atoms with van der Waals surface area (Å²) in [6.07, 6.45) is 3.28. The quantitative estimate of drug-likeness (QED) is 0.810. The first-order valence-corrected chi connectivity index (χ1v) is 8.16. The second-order valence-corrected chi connectivity index (χ2v) is 6.87. The maximum absolute atomic E-state index is 12.4. The Kier molecular flexibility index (Phi) is 7.32. The molecule has 3 atom stereocenters. The Hall–Kier alpha value is -0.620. The molecule has 2 rings (SSSR count). The van der Waals surface area contributed by atoms with Crippen molar-refractivity contribution in [1.82, 2.24) is 5.32 Å². The monoisotopic (exact) mass is 390 g/mol. The number of halogens is 2. The van der Waals surface area contributed by atoms with Gasteiger partial charge in [-0.3, -0.25) is 4.79 Å². The molecular formula is C16H24BrClN2O2. The van der Waals surface area contributed by atoms with Crippen LogP contribution in [0.1, 0.15) is 38.7 Å². The van der Waals surface area contributed by atoms with Crippen LogP contribution in [0.25, 0.3) is 0 Å². The molecule has 124 valence electrons. The first kappa shape index (κ1) is 19.4. The zero-order valence-corrected chi connectivity index (χ0v) is 15.4. The number of benzene rings is 1. The Balaban J connectivity index is 0.00000242. The van der Waals surface area contributed by atoms with E-state index in [9.17, 15) is 4.79 Å². The van der Waals surface area contributed by atoms with E-state index in [1.165, 1.54) is 0 Å². The third-order valence-electron chi connectivity index (χ3n) is 3.93. The first-order valence-electron chi connectivity index (χ1n) is 7.37. The molecule has 0 saturated carbocycles. The second kappa shape index (κ2) is 8.29. The Bertz CT molecular complexity index is 487. The fourth-order valence-electron chi connectivity index (χ4n) is 2.58. The van der Waals surface area contributed by atoms with Gasteiger partial charge in [-0.15, -0.1) is 12.4 Å². The van der Waals surface area contributed by atoms with Gasteiger partial charge < -0.3 is 15.8 Å². The molecule has 1 aliphatic heterocycles. The molecule has 1 amide bonds. The summed E-state index contributed by atoms with van der Waals surface area (Å²) in [5.74, 6) is -0.157. The molecule has 0 aromatic heterocycles. The fourth-order valence-corrected chi connectivity index (χ4v) is 2.85. The van der Waals surface area contributed by atoms with Crippen LogP contribution in [-0.4, -0.2) is 24.7 Å². The van der Waals surface area contributed by atoms with Crippen molar-refractivity contribution in [2.24, 2.45) is 5.73 Å². The van der Waals surface area contributed by atoms with E-state index in [1.54, 1.807) is 6.92 Å². The summed E-state index contributed by atoms with van der Waals surface area (Å²) in [7, 11) is 0. The molecule has 3 N–H and O–H groups in total. The van der Waals surface area contributed by atoms with Crippen molar-refractivity contribution >= 4 is 34.2 Å². The lowest BCUT2D eigenvalue weighted by Gasteiger charge is -2.27. The predicted octanol–water partition coefficient (Wildman–Crippen LogP) is 3.12. The van der Waals surface area contributed by atoms with Gasteiger partial charge in [0.1, 0.15) is 5.54 Å². The van der Waals surface area contributed by atoms with Crippen LogP contribution in [0, 0.1) is 0 Å². The summed E-state index contributed by atoms with van der Waals surface area (Å²) < 4.78 is 6.57. The van der Waals surface area contributed by atoms with Crippen molar-refractivity contribution in [2.45, 2.75) is 50.8 Å². The number of ether oxygens (including phenoxy) is 1. The Labute approximate surface area is 146 Å². The predicted molar refractivity (Wildman–Crippen MR) is 94.1 cm³/mol. The number of hydrogen-bond donors (Lipinski definition) is 2. The number of carbonyl (C=O) groups excluding carboxylic acids is 1. The zero-order valence-electron chi connectivity index (χ0n) is 13.0. The molecule has 6 heteroatoms. The van der Waals surface area contributed by atoms with Crippen LogP contribution in [0.15, 0.2) is 28.7 Å². The third-order valence-corrected chi connectivity index (χ3v) is 4.46. The molecular weight excluding hydrogens is 368 g/mol. The van der Waals surface area contributed by atoms with Gasteiger partial charge in [0.15, 0.2) is 0 Å². The summed E-state index contributed by atoms with van der Waals surface area (Å²) in [6, 6.07) is 7.58. The number of amides is 1. The lowest BCUT2D eigenvalue weighted by atomic mass is 9.92. The molecule has 0 bridgehead atoms. The largest absolute Gasteiger partial charge is 0.378 e. The lowest BCUT2D eigenvalue weighted by Crippen LogP contribution is -2.51. The number of rotatable bonds is 5. The van der Waals surface area contributed by atoms with Crippen molar-refractivity contribution in [2.75, 3.05) is 6.61 Å². The maximum atomic E-state index is 12.4. The van der Waals surface area contributed by atoms with Crippen molar-refractivity contribution in [3.05, 3.63) is 34.3 Å². The molecule has 0 radical (unpaired) electrons. The molecule has 4 nitrogen and oxygen atoms in total. The number of nitrogens with one attached hydrogen (secondary N) is 1. The van der Waals surface area contributed by atoms with Crippen LogP contribution in [0.4, 0.5) is 0 Å². The summed E-state index contributed by atoms with van der Waals surface area (Å²) >= 11 is 3.38. The molecule has 3 unspecified atom stereocenters. The van der Waals surface area contributed by atoms with Gasteiger partial charge >= 0.3 is 0 Å². The van der Waals surface area contributed by atoms with Gasteiger partial charge in [0.2, 0.25) is 5.91 Å². The van der Waals surface area contributed by atoms with E-state index in [2.05, 4.69) is 21.2 Å². The van der Waals surface area contributed by atoms with Gasteiger partial charge in [0.05, 0.1) is 6.10 Å². The summed E-state index contributed by atoms with van der Waals surface area (Å²) in [4.78, 5) is 12.4. The van der Waals surface area contributed by atoms with Gasteiger partial charge in [0.25, 0.3) is 0 Å². The highest BCUT2D eigenvalue weighted by molar-refractivity contribution is 9.10. The Morgan fingerprint density at radius 3 is 2.68 bits per heavy atom. The smallest absolute Gasteiger partial charge is 0.244 e. The van der Waals surface area contributed by atoms with Gasteiger partial charge in [-0.25, -0.2) is 0 Å². The molecule has 1 fully saturated rings. The highest BCUT2D eigenvalue weighted by atomic mass is 79.9. The molecule has 0 spiro atoms. The topological polar surface area (TPSA) is 64.3 Å². The van der Waals surface area contributed by atoms with E-state index in [0.29, 0.717) is 0 Å². The highest BCUT2D eigenvalue weighted by Gasteiger charge is 2.31. The summed E-state index contributed by atoms with van der Waals surface area (Å²) in [6.45, 7) is 4.57. The van der Waals surface area contributed by atoms with Crippen LogP contribution in [0.5, 0.6) is 0 Å². The number of carbonyl (C=O) groups is 1. The second-order valence-electron chi connectivity index (χ2n) is 5.95. The molecule has 1 aromatic carbocycles. The van der Waals surface area contributed by atoms with E-state index in [1.807, 2.05) is 31.2 Å². The highest BCUT2D eigenvalue weighted by Crippen LogP contribution is 2.22. The van der Waals surface area contributed by atoms with E-state index in [-0.39, 0.29) is 30.5 Å². The van der Waals surface area contributed by atoms with Crippen molar-refractivity contribution < 1.29 is 9.53 Å². The normalized spacial score (nSPS) is 21.5. The average Bonchev–Trinajstić information content (AvgIpc) is 2.91. The SMILES string of the molecule is CC(CC1CCCO1)NC(=O)C(C)(N)c1ccc(Br)cc1.Cl. The van der Waals surface area contributed by atoms with Crippen molar-refractivity contribution in [1.29, 1.82) is 0 Å². The minimum absolute atomic E-state index is 0. The van der Waals surface area contributed by atoms with Crippen molar-refractivity contribution in [3.63, 3.8) is 0 Å². The van der Waals surface area contributed by atoms with E-state index < -0.39 is 5.54 Å². The molecule has 1 aliphatic rings. The van der Waals surface area contributed by atoms with E-state index in [0.717, 1.165) is 35.9 Å². The van der Waals surface area contributed by atoms with Crippen LogP contribution in [-0.2, 0) is 15.1 Å². The molecule has 1 aromatic rings. The summed E-state index contributed by atoms with van der Waals surface area (Å²) in [5.41, 5.74) is 5.99. The first-order chi connectivity index (χ1) is 9.89. The molecule has 22 heavy (non-hydrogen) atoms. The van der Waals surface area contributed by atoms with E-state index >= 15 is 0 Å². The van der Waals surface area contributed by atoms with Crippen LogP contribution in [0.2, 0.25) is 0 Å². The number of nitrogens with two attached hydrogens (primary N) is 1. The van der Waals surface area contributed by atoms with Gasteiger partial charge in [-0.2, -0.15) is 0 Å². The van der Waals surface area contributed by atoms with Crippen LogP contribution < -0.4 is 11.1 Å². The standard InChI is InChI=1S/C16H23BrN2O2.ClH/c1-11(10-14-4-3-9-21-14)19-15(20)16(2,18)12-5-7-13(17)8-6-12;/h5-8,11,14H,3-4,9-10,18H2,1-2H3,(H,19,20);1H. The van der Waals surface area contributed by atoms with Gasteiger partial charge in [0, 0.05) is 17.1 Å². The van der Waals surface area contributed by atoms with E-state index in [4.69, 9.17) is 10.5 Å². The van der Waals surface area contributed by atoms with Gasteiger partial charge in [-0.05, 0) is 50.8 Å². The Morgan fingerprint density at radius 1 is 1.50 bits per heavy atom. The summed E-state index contributed by atoms with van der Waals surface area (Å²) in [5, 5.41) is 3.00. The minimum atomic E-state index is -1.04. The molecule has 0 aliphatic carbocycles. The lowest BCUT2D eigenvalue weighted by molar-refractivity contribution is -0.126. The molecule has 1 saturated heterocycles. The average molecular weight is 392 g/mol. The van der Waals surface area contributed by atoms with Crippen molar-refractivity contribution in [3.8, 4) is 0 Å².